The highest BCUT2D eigenvalue weighted by Gasteiger charge is 2.24. The second kappa shape index (κ2) is 9.58. The molecule has 2 rings (SSSR count). The van der Waals surface area contributed by atoms with Gasteiger partial charge in [-0.25, -0.2) is 8.42 Å². The topological polar surface area (TPSA) is 95.6 Å². The second-order valence-electron chi connectivity index (χ2n) is 6.25. The Morgan fingerprint density at radius 1 is 1.17 bits per heavy atom. The van der Waals surface area contributed by atoms with Crippen molar-refractivity contribution in [3.05, 3.63) is 71.3 Å². The van der Waals surface area contributed by atoms with E-state index in [1.54, 1.807) is 49.4 Å². The Hall–Kier alpha value is -2.84. The van der Waals surface area contributed by atoms with Crippen LogP contribution < -0.4 is 14.9 Å². The number of amides is 2. The standard InChI is InChI=1S/C20H22ClN3O4S/c1-4-12-22-20(26)15-8-5-6-10-17(15)23-19(25)13-24(29(3,27)28)18-11-7-9-16(21)14(18)2/h4-11H,1,12-13H2,2-3H3,(H,22,26)(H,23,25). The molecule has 29 heavy (non-hydrogen) atoms. The summed E-state index contributed by atoms with van der Waals surface area (Å²) in [6.45, 7) is 5.02. The fraction of sp³-hybridized carbons (Fsp3) is 0.200. The number of carbonyl (C=O) groups excluding carboxylic acids is 2. The minimum Gasteiger partial charge on any atom is -0.349 e. The summed E-state index contributed by atoms with van der Waals surface area (Å²) in [6.07, 6.45) is 2.55. The van der Waals surface area contributed by atoms with Crippen LogP contribution in [0.2, 0.25) is 5.02 Å². The lowest BCUT2D eigenvalue weighted by Gasteiger charge is -2.24. The highest BCUT2D eigenvalue weighted by atomic mass is 35.5. The van der Waals surface area contributed by atoms with Crippen LogP contribution in [-0.2, 0) is 14.8 Å². The summed E-state index contributed by atoms with van der Waals surface area (Å²) in [4.78, 5) is 24.9. The molecular formula is C20H22ClN3O4S. The van der Waals surface area contributed by atoms with Gasteiger partial charge in [0.05, 0.1) is 23.2 Å². The molecule has 0 aromatic heterocycles. The van der Waals surface area contributed by atoms with E-state index in [1.807, 2.05) is 0 Å². The predicted molar refractivity (Wildman–Crippen MR) is 116 cm³/mol. The van der Waals surface area contributed by atoms with E-state index in [2.05, 4.69) is 17.2 Å². The minimum atomic E-state index is -3.76. The quantitative estimate of drug-likeness (QED) is 0.623. The minimum absolute atomic E-state index is 0.257. The van der Waals surface area contributed by atoms with Gasteiger partial charge in [0.2, 0.25) is 15.9 Å². The van der Waals surface area contributed by atoms with E-state index in [0.717, 1.165) is 10.6 Å². The first-order valence-corrected chi connectivity index (χ1v) is 10.9. The maximum Gasteiger partial charge on any atom is 0.253 e. The van der Waals surface area contributed by atoms with E-state index in [9.17, 15) is 18.0 Å². The maximum absolute atomic E-state index is 12.6. The molecule has 0 aliphatic rings. The third-order valence-corrected chi connectivity index (χ3v) is 5.58. The lowest BCUT2D eigenvalue weighted by Crippen LogP contribution is -2.38. The average molecular weight is 436 g/mol. The molecule has 0 fully saturated rings. The molecular weight excluding hydrogens is 414 g/mol. The molecule has 0 heterocycles. The molecule has 9 heteroatoms. The van der Waals surface area contributed by atoms with Crippen LogP contribution >= 0.6 is 11.6 Å². The van der Waals surface area contributed by atoms with E-state index < -0.39 is 22.5 Å². The molecule has 0 saturated carbocycles. The number of nitrogens with zero attached hydrogens (tertiary/aromatic N) is 1. The summed E-state index contributed by atoms with van der Waals surface area (Å²) in [7, 11) is -3.76. The number of sulfonamides is 1. The molecule has 0 radical (unpaired) electrons. The molecule has 154 valence electrons. The zero-order chi connectivity index (χ0) is 21.6. The molecule has 0 aliphatic heterocycles. The first-order chi connectivity index (χ1) is 13.6. The lowest BCUT2D eigenvalue weighted by atomic mass is 10.1. The van der Waals surface area contributed by atoms with Crippen LogP contribution in [0.3, 0.4) is 0 Å². The first-order valence-electron chi connectivity index (χ1n) is 8.66. The van der Waals surface area contributed by atoms with Gasteiger partial charge in [-0.05, 0) is 36.8 Å². The zero-order valence-electron chi connectivity index (χ0n) is 16.1. The Bertz CT molecular complexity index is 1040. The number of anilines is 2. The third-order valence-electron chi connectivity index (χ3n) is 4.05. The van der Waals surface area contributed by atoms with Crippen molar-refractivity contribution in [3.63, 3.8) is 0 Å². The highest BCUT2D eigenvalue weighted by molar-refractivity contribution is 7.92. The summed E-state index contributed by atoms with van der Waals surface area (Å²) in [5.74, 6) is -0.981. The molecule has 0 bridgehead atoms. The normalized spacial score (nSPS) is 10.9. The van der Waals surface area contributed by atoms with Gasteiger partial charge in [-0.3, -0.25) is 13.9 Å². The SMILES string of the molecule is C=CCNC(=O)c1ccccc1NC(=O)CN(c1cccc(Cl)c1C)S(C)(=O)=O. The van der Waals surface area contributed by atoms with Crippen LogP contribution in [0.25, 0.3) is 0 Å². The Balaban J connectivity index is 2.28. The van der Waals surface area contributed by atoms with Gasteiger partial charge < -0.3 is 10.6 Å². The number of para-hydroxylation sites is 1. The Labute approximate surface area is 175 Å². The number of hydrogen-bond donors (Lipinski definition) is 2. The molecule has 2 aromatic rings. The predicted octanol–water partition coefficient (Wildman–Crippen LogP) is 2.97. The van der Waals surface area contributed by atoms with Gasteiger partial charge in [-0.2, -0.15) is 0 Å². The molecule has 2 N–H and O–H groups in total. The van der Waals surface area contributed by atoms with Gasteiger partial charge in [-0.1, -0.05) is 35.9 Å². The summed E-state index contributed by atoms with van der Waals surface area (Å²) in [6, 6.07) is 11.3. The number of nitrogens with one attached hydrogen (secondary N) is 2. The van der Waals surface area contributed by atoms with Crippen molar-refractivity contribution < 1.29 is 18.0 Å². The van der Waals surface area contributed by atoms with Crippen LogP contribution in [0.1, 0.15) is 15.9 Å². The largest absolute Gasteiger partial charge is 0.349 e. The van der Waals surface area contributed by atoms with Gasteiger partial charge in [0, 0.05) is 11.6 Å². The first kappa shape index (κ1) is 22.4. The summed E-state index contributed by atoms with van der Waals surface area (Å²) in [5.41, 5.74) is 1.38. The molecule has 7 nitrogen and oxygen atoms in total. The molecule has 0 unspecified atom stereocenters. The van der Waals surface area contributed by atoms with Crippen LogP contribution in [-0.4, -0.2) is 39.6 Å². The smallest absolute Gasteiger partial charge is 0.253 e. The number of halogens is 1. The molecule has 0 saturated heterocycles. The van der Waals surface area contributed by atoms with Crippen molar-refractivity contribution in [1.29, 1.82) is 0 Å². The van der Waals surface area contributed by atoms with Crippen molar-refractivity contribution in [3.8, 4) is 0 Å². The second-order valence-corrected chi connectivity index (χ2v) is 8.56. The van der Waals surface area contributed by atoms with Crippen LogP contribution in [0, 0.1) is 6.92 Å². The van der Waals surface area contributed by atoms with Gasteiger partial charge >= 0.3 is 0 Å². The highest BCUT2D eigenvalue weighted by Crippen LogP contribution is 2.28. The Kier molecular flexibility index (Phi) is 7.41. The number of hydrogen-bond acceptors (Lipinski definition) is 4. The molecule has 0 spiro atoms. The molecule has 2 amide bonds. The van der Waals surface area contributed by atoms with Crippen molar-refractivity contribution in [1.82, 2.24) is 5.32 Å². The summed E-state index contributed by atoms with van der Waals surface area (Å²) < 4.78 is 25.6. The molecule has 2 aromatic carbocycles. The van der Waals surface area contributed by atoms with Gasteiger partial charge in [0.1, 0.15) is 6.54 Å². The third kappa shape index (κ3) is 5.82. The van der Waals surface area contributed by atoms with E-state index in [0.29, 0.717) is 16.3 Å². The number of carbonyl (C=O) groups is 2. The fourth-order valence-electron chi connectivity index (χ4n) is 2.62. The van der Waals surface area contributed by atoms with Gasteiger partial charge in [0.15, 0.2) is 0 Å². The summed E-state index contributed by atoms with van der Waals surface area (Å²) >= 11 is 6.10. The van der Waals surface area contributed by atoms with E-state index in [4.69, 9.17) is 11.6 Å². The van der Waals surface area contributed by atoms with Gasteiger partial charge in [0.25, 0.3) is 5.91 Å². The van der Waals surface area contributed by atoms with Crippen LogP contribution in [0.4, 0.5) is 11.4 Å². The van der Waals surface area contributed by atoms with Crippen molar-refractivity contribution in [2.24, 2.45) is 0 Å². The average Bonchev–Trinajstić information content (AvgIpc) is 2.66. The fourth-order valence-corrected chi connectivity index (χ4v) is 3.69. The lowest BCUT2D eigenvalue weighted by molar-refractivity contribution is -0.114. The number of benzene rings is 2. The summed E-state index contributed by atoms with van der Waals surface area (Å²) in [5, 5.41) is 5.64. The zero-order valence-corrected chi connectivity index (χ0v) is 17.7. The van der Waals surface area contributed by atoms with E-state index in [-0.39, 0.29) is 23.7 Å². The van der Waals surface area contributed by atoms with Crippen molar-refractivity contribution in [2.75, 3.05) is 29.0 Å². The van der Waals surface area contributed by atoms with Crippen molar-refractivity contribution >= 4 is 44.8 Å². The molecule has 0 atom stereocenters. The van der Waals surface area contributed by atoms with E-state index in [1.165, 1.54) is 6.08 Å². The Morgan fingerprint density at radius 2 is 1.86 bits per heavy atom. The van der Waals surface area contributed by atoms with Gasteiger partial charge in [-0.15, -0.1) is 6.58 Å². The number of rotatable bonds is 8. The van der Waals surface area contributed by atoms with Crippen molar-refractivity contribution in [2.45, 2.75) is 6.92 Å². The monoisotopic (exact) mass is 435 g/mol. The Morgan fingerprint density at radius 3 is 2.52 bits per heavy atom. The van der Waals surface area contributed by atoms with Crippen LogP contribution in [0.5, 0.6) is 0 Å². The maximum atomic E-state index is 12.6. The molecule has 0 aliphatic carbocycles. The van der Waals surface area contributed by atoms with E-state index >= 15 is 0 Å². The van der Waals surface area contributed by atoms with Crippen LogP contribution in [0.15, 0.2) is 55.1 Å².